The average molecular weight is 728 g/mol. The molecule has 0 radical (unpaired) electrons. The number of fused-ring (bicyclic) bond motifs is 6. The van der Waals surface area contributed by atoms with E-state index < -0.39 is 0 Å². The standard InChI is InChI=1S/C53H33N3O/c1-4-15-34(16-5-1)40-30-41(35-17-6-2-7-18-35)32-42(31-40)47-33-48-49(44-24-13-12-23-43(44)47)45-25-14-26-46(50(45)57-48)53-55-51(37-20-8-3-9-21-37)54-52(56-53)39-28-27-36-19-10-11-22-38(36)29-39/h1-33H. The molecule has 11 aromatic rings. The summed E-state index contributed by atoms with van der Waals surface area (Å²) >= 11 is 0. The molecule has 0 fully saturated rings. The Morgan fingerprint density at radius 1 is 0.298 bits per heavy atom. The van der Waals surface area contributed by atoms with Crippen LogP contribution in [0, 0.1) is 0 Å². The zero-order valence-electron chi connectivity index (χ0n) is 30.8. The van der Waals surface area contributed by atoms with Gasteiger partial charge in [0.1, 0.15) is 11.2 Å². The maximum absolute atomic E-state index is 6.99. The molecule has 0 aliphatic carbocycles. The van der Waals surface area contributed by atoms with Crippen molar-refractivity contribution in [3.63, 3.8) is 0 Å². The molecule has 0 N–H and O–H groups in total. The monoisotopic (exact) mass is 727 g/mol. The quantitative estimate of drug-likeness (QED) is 0.171. The van der Waals surface area contributed by atoms with E-state index in [1.165, 1.54) is 16.5 Å². The molecule has 0 unspecified atom stereocenters. The van der Waals surface area contributed by atoms with E-state index in [2.05, 4.69) is 170 Å². The summed E-state index contributed by atoms with van der Waals surface area (Å²) in [5.41, 5.74) is 11.1. The zero-order chi connectivity index (χ0) is 37.7. The van der Waals surface area contributed by atoms with Crippen LogP contribution < -0.4 is 0 Å². The Bertz CT molecular complexity index is 3220. The topological polar surface area (TPSA) is 51.8 Å². The third-order valence-corrected chi connectivity index (χ3v) is 10.9. The first kappa shape index (κ1) is 32.7. The zero-order valence-corrected chi connectivity index (χ0v) is 30.8. The highest BCUT2D eigenvalue weighted by Gasteiger charge is 2.21. The van der Waals surface area contributed by atoms with Gasteiger partial charge in [-0.25, -0.2) is 15.0 Å². The smallest absolute Gasteiger partial charge is 0.167 e. The molecule has 0 saturated carbocycles. The Morgan fingerprint density at radius 2 is 0.842 bits per heavy atom. The highest BCUT2D eigenvalue weighted by Crippen LogP contribution is 2.44. The summed E-state index contributed by atoms with van der Waals surface area (Å²) in [5.74, 6) is 1.78. The SMILES string of the molecule is c1ccc(-c2cc(-c3ccccc3)cc(-c3cc4oc5c(-c6nc(-c7ccccc7)nc(-c7ccc8ccccc8c7)n6)cccc5c4c4ccccc34)c2)cc1. The molecule has 0 atom stereocenters. The van der Waals surface area contributed by atoms with E-state index in [-0.39, 0.29) is 0 Å². The van der Waals surface area contributed by atoms with Gasteiger partial charge in [0, 0.05) is 21.9 Å². The number of furan rings is 1. The van der Waals surface area contributed by atoms with Gasteiger partial charge in [-0.15, -0.1) is 0 Å². The first-order chi connectivity index (χ1) is 28.2. The first-order valence-corrected chi connectivity index (χ1v) is 19.2. The maximum atomic E-state index is 6.99. The summed E-state index contributed by atoms with van der Waals surface area (Å²) in [6, 6.07) is 70.0. The van der Waals surface area contributed by atoms with E-state index in [1.807, 2.05) is 30.3 Å². The highest BCUT2D eigenvalue weighted by molar-refractivity contribution is 6.23. The lowest BCUT2D eigenvalue weighted by Gasteiger charge is -2.13. The molecule has 0 saturated heterocycles. The van der Waals surface area contributed by atoms with Crippen molar-refractivity contribution in [2.45, 2.75) is 0 Å². The largest absolute Gasteiger partial charge is 0.455 e. The Morgan fingerprint density at radius 3 is 1.54 bits per heavy atom. The predicted octanol–water partition coefficient (Wildman–Crippen LogP) is 14.1. The van der Waals surface area contributed by atoms with Crippen LogP contribution in [-0.2, 0) is 0 Å². The molecule has 266 valence electrons. The Labute approximate surface area is 329 Å². The Hall–Kier alpha value is -7.69. The first-order valence-electron chi connectivity index (χ1n) is 19.2. The lowest BCUT2D eigenvalue weighted by Crippen LogP contribution is -2.00. The third kappa shape index (κ3) is 5.83. The number of para-hydroxylation sites is 1. The Balaban J connectivity index is 1.14. The molecule has 0 aliphatic heterocycles. The summed E-state index contributed by atoms with van der Waals surface area (Å²) in [6.07, 6.45) is 0. The second kappa shape index (κ2) is 13.6. The van der Waals surface area contributed by atoms with Crippen molar-refractivity contribution in [1.29, 1.82) is 0 Å². The lowest BCUT2D eigenvalue weighted by atomic mass is 9.90. The maximum Gasteiger partial charge on any atom is 0.167 e. The van der Waals surface area contributed by atoms with Crippen LogP contribution in [0.15, 0.2) is 205 Å². The minimum absolute atomic E-state index is 0.560. The molecule has 0 spiro atoms. The van der Waals surface area contributed by atoms with Crippen LogP contribution in [0.1, 0.15) is 0 Å². The molecule has 11 rings (SSSR count). The molecular formula is C53H33N3O. The van der Waals surface area contributed by atoms with E-state index >= 15 is 0 Å². The summed E-state index contributed by atoms with van der Waals surface area (Å²) in [6.45, 7) is 0. The van der Waals surface area contributed by atoms with Gasteiger partial charge in [-0.3, -0.25) is 0 Å². The van der Waals surface area contributed by atoms with Crippen molar-refractivity contribution in [3.8, 4) is 67.5 Å². The average Bonchev–Trinajstić information content (AvgIpc) is 3.68. The van der Waals surface area contributed by atoms with Crippen molar-refractivity contribution in [1.82, 2.24) is 15.0 Å². The van der Waals surface area contributed by atoms with E-state index in [0.29, 0.717) is 17.5 Å². The fraction of sp³-hybridized carbons (Fsp3) is 0. The molecule has 0 amide bonds. The van der Waals surface area contributed by atoms with Gasteiger partial charge in [0.15, 0.2) is 17.5 Å². The van der Waals surface area contributed by atoms with Crippen molar-refractivity contribution in [3.05, 3.63) is 200 Å². The molecule has 2 aromatic heterocycles. The molecule has 9 aromatic carbocycles. The summed E-state index contributed by atoms with van der Waals surface area (Å²) < 4.78 is 6.99. The van der Waals surface area contributed by atoms with Gasteiger partial charge in [-0.05, 0) is 91.3 Å². The number of rotatable bonds is 6. The number of hydrogen-bond acceptors (Lipinski definition) is 4. The number of aromatic nitrogens is 3. The van der Waals surface area contributed by atoms with Crippen LogP contribution in [-0.4, -0.2) is 15.0 Å². The molecular weight excluding hydrogens is 695 g/mol. The van der Waals surface area contributed by atoms with Gasteiger partial charge in [0.05, 0.1) is 5.56 Å². The van der Waals surface area contributed by atoms with Crippen LogP contribution in [0.2, 0.25) is 0 Å². The minimum atomic E-state index is 0.560. The molecule has 57 heavy (non-hydrogen) atoms. The number of nitrogens with zero attached hydrogens (tertiary/aromatic N) is 3. The normalized spacial score (nSPS) is 11.5. The fourth-order valence-electron chi connectivity index (χ4n) is 8.12. The van der Waals surface area contributed by atoms with Gasteiger partial charge in [-0.1, -0.05) is 164 Å². The van der Waals surface area contributed by atoms with Crippen LogP contribution in [0.3, 0.4) is 0 Å². The lowest BCUT2D eigenvalue weighted by molar-refractivity contribution is 0.670. The van der Waals surface area contributed by atoms with Crippen molar-refractivity contribution in [2.75, 3.05) is 0 Å². The molecule has 0 bridgehead atoms. The van der Waals surface area contributed by atoms with Gasteiger partial charge < -0.3 is 4.42 Å². The molecule has 4 heteroatoms. The second-order valence-electron chi connectivity index (χ2n) is 14.4. The fourth-order valence-corrected chi connectivity index (χ4v) is 8.12. The van der Waals surface area contributed by atoms with Gasteiger partial charge in [0.25, 0.3) is 0 Å². The summed E-state index contributed by atoms with van der Waals surface area (Å²) in [5, 5.41) is 6.67. The van der Waals surface area contributed by atoms with Gasteiger partial charge >= 0.3 is 0 Å². The van der Waals surface area contributed by atoms with Gasteiger partial charge in [0.2, 0.25) is 0 Å². The molecule has 4 nitrogen and oxygen atoms in total. The summed E-state index contributed by atoms with van der Waals surface area (Å²) in [4.78, 5) is 15.3. The number of hydrogen-bond donors (Lipinski definition) is 0. The third-order valence-electron chi connectivity index (χ3n) is 10.9. The van der Waals surface area contributed by atoms with Crippen LogP contribution >= 0.6 is 0 Å². The van der Waals surface area contributed by atoms with E-state index in [9.17, 15) is 0 Å². The van der Waals surface area contributed by atoms with E-state index in [4.69, 9.17) is 19.4 Å². The van der Waals surface area contributed by atoms with Crippen LogP contribution in [0.5, 0.6) is 0 Å². The molecule has 2 heterocycles. The van der Waals surface area contributed by atoms with E-state index in [1.54, 1.807) is 0 Å². The van der Waals surface area contributed by atoms with Crippen molar-refractivity contribution >= 4 is 43.5 Å². The van der Waals surface area contributed by atoms with Crippen LogP contribution in [0.4, 0.5) is 0 Å². The highest BCUT2D eigenvalue weighted by atomic mass is 16.3. The Kier molecular flexibility index (Phi) is 7.78. The molecule has 0 aliphatic rings. The van der Waals surface area contributed by atoms with Crippen molar-refractivity contribution < 1.29 is 4.42 Å². The summed E-state index contributed by atoms with van der Waals surface area (Å²) in [7, 11) is 0. The minimum Gasteiger partial charge on any atom is -0.455 e. The second-order valence-corrected chi connectivity index (χ2v) is 14.4. The van der Waals surface area contributed by atoms with Crippen molar-refractivity contribution in [2.24, 2.45) is 0 Å². The predicted molar refractivity (Wildman–Crippen MR) is 235 cm³/mol. The van der Waals surface area contributed by atoms with Gasteiger partial charge in [-0.2, -0.15) is 0 Å². The van der Waals surface area contributed by atoms with E-state index in [0.717, 1.165) is 77.0 Å². The number of benzene rings is 9. The van der Waals surface area contributed by atoms with Crippen LogP contribution in [0.25, 0.3) is 111 Å².